The number of unbranched alkanes of at least 4 members (excludes halogenated alkanes) is 23. The maximum absolute atomic E-state index is 13.5. The number of nitrogens with zero attached hydrogens (tertiary/aromatic N) is 2. The molecule has 1 aliphatic rings. The predicted octanol–water partition coefficient (Wildman–Crippen LogP) is 13.3. The molecule has 1 fully saturated rings. The minimum absolute atomic E-state index is 0.0460. The van der Waals surface area contributed by atoms with Crippen LogP contribution in [0.5, 0.6) is 0 Å². The molecule has 64 heavy (non-hydrogen) atoms. The van der Waals surface area contributed by atoms with Gasteiger partial charge in [-0.1, -0.05) is 162 Å². The Morgan fingerprint density at radius 1 is 0.625 bits per heavy atom. The third kappa shape index (κ3) is 32.8. The van der Waals surface area contributed by atoms with Crippen molar-refractivity contribution in [3.8, 4) is 0 Å². The van der Waals surface area contributed by atoms with Gasteiger partial charge in [0.2, 0.25) is 0 Å². The number of ether oxygens (including phenoxy) is 4. The summed E-state index contributed by atoms with van der Waals surface area (Å²) < 4.78 is 23.6. The smallest absolute Gasteiger partial charge is 0.323 e. The van der Waals surface area contributed by atoms with Gasteiger partial charge in [-0.2, -0.15) is 0 Å². The monoisotopic (exact) mass is 909 g/mol. The Kier molecular flexibility index (Phi) is 38.0. The Balaban J connectivity index is 2.47. The molecule has 10 nitrogen and oxygen atoms in total. The summed E-state index contributed by atoms with van der Waals surface area (Å²) in [4.78, 5) is 43.4. The number of rotatable bonds is 45. The van der Waals surface area contributed by atoms with E-state index < -0.39 is 17.7 Å². The lowest BCUT2D eigenvalue weighted by Gasteiger charge is -2.25. The van der Waals surface area contributed by atoms with Crippen molar-refractivity contribution < 1.29 is 38.4 Å². The van der Waals surface area contributed by atoms with Crippen LogP contribution in [-0.2, 0) is 33.3 Å². The zero-order valence-electron chi connectivity index (χ0n) is 43.1. The highest BCUT2D eigenvalue weighted by Gasteiger charge is 2.39. The lowest BCUT2D eigenvalue weighted by molar-refractivity contribution is -0.154. The first-order valence-electron chi connectivity index (χ1n) is 27.2. The van der Waals surface area contributed by atoms with Gasteiger partial charge in [-0.3, -0.25) is 19.3 Å². The van der Waals surface area contributed by atoms with Gasteiger partial charge in [0.05, 0.1) is 24.7 Å². The Morgan fingerprint density at radius 3 is 1.64 bits per heavy atom. The molecule has 1 N–H and O–H groups in total. The zero-order valence-corrected chi connectivity index (χ0v) is 43.1. The van der Waals surface area contributed by atoms with Crippen molar-refractivity contribution in [3.63, 3.8) is 0 Å². The van der Waals surface area contributed by atoms with Gasteiger partial charge in [-0.05, 0) is 92.3 Å². The molecule has 1 aliphatic heterocycles. The molecule has 1 heterocycles. The molecule has 0 radical (unpaired) electrons. The molecule has 1 rings (SSSR count). The average Bonchev–Trinajstić information content (AvgIpc) is 3.67. The van der Waals surface area contributed by atoms with Crippen molar-refractivity contribution in [1.82, 2.24) is 9.80 Å². The summed E-state index contributed by atoms with van der Waals surface area (Å²) in [7, 11) is 3.94. The molecule has 0 aromatic rings. The molecule has 0 aromatic carbocycles. The molecule has 1 saturated heterocycles. The number of carbonyl (C=O) groups excluding carboxylic acids is 3. The molecule has 0 saturated carbocycles. The summed E-state index contributed by atoms with van der Waals surface area (Å²) >= 11 is 0. The normalized spacial score (nSPS) is 16.2. The third-order valence-electron chi connectivity index (χ3n) is 13.2. The van der Waals surface area contributed by atoms with Crippen LogP contribution in [0.15, 0.2) is 0 Å². The Hall–Kier alpha value is -1.75. The van der Waals surface area contributed by atoms with E-state index in [9.17, 15) is 19.5 Å². The highest BCUT2D eigenvalue weighted by atomic mass is 16.6. The average molecular weight is 909 g/mol. The summed E-state index contributed by atoms with van der Waals surface area (Å²) in [6.07, 6.45) is 35.4. The maximum atomic E-state index is 13.5. The first-order chi connectivity index (χ1) is 30.9. The van der Waals surface area contributed by atoms with Crippen LogP contribution < -0.4 is 0 Å². The molecular weight excluding hydrogens is 805 g/mol. The van der Waals surface area contributed by atoms with Crippen molar-refractivity contribution in [2.45, 2.75) is 277 Å². The highest BCUT2D eigenvalue weighted by Crippen LogP contribution is 2.28. The van der Waals surface area contributed by atoms with Crippen molar-refractivity contribution in [2.24, 2.45) is 5.41 Å². The lowest BCUT2D eigenvalue weighted by Crippen LogP contribution is -2.38. The number of carbonyl (C=O) groups is 3. The summed E-state index contributed by atoms with van der Waals surface area (Å²) in [6.45, 7) is 13.5. The van der Waals surface area contributed by atoms with Crippen LogP contribution in [0, 0.1) is 5.41 Å². The van der Waals surface area contributed by atoms with Gasteiger partial charge in [0.1, 0.15) is 12.1 Å². The fourth-order valence-electron chi connectivity index (χ4n) is 8.85. The second kappa shape index (κ2) is 40.3. The standard InChI is InChI=1S/C54H104N2O8/c1-8-11-14-17-20-21-22-27-35-44-62-53(60)54(4,5)40-32-33-41-56-46-48(64-51(58)39-42-55(6)7)45-49(56)52(59)61-43-34-28-23-26-31-38-50(57)63-47(36-29-24-18-15-12-9-2)37-30-25-19-16-13-10-3/h47-49,51,58H,8-46H2,1-7H3/t48-,49-,51?/m0/s1. The van der Waals surface area contributed by atoms with E-state index in [0.717, 1.165) is 89.9 Å². The second-order valence-electron chi connectivity index (χ2n) is 20.3. The van der Waals surface area contributed by atoms with Gasteiger partial charge in [0, 0.05) is 32.4 Å². The van der Waals surface area contributed by atoms with Gasteiger partial charge in [0.15, 0.2) is 6.29 Å². The summed E-state index contributed by atoms with van der Waals surface area (Å²) in [5, 5.41) is 10.6. The maximum Gasteiger partial charge on any atom is 0.323 e. The minimum Gasteiger partial charge on any atom is -0.465 e. The van der Waals surface area contributed by atoms with E-state index in [2.05, 4.69) is 25.7 Å². The molecular formula is C54H104N2O8. The van der Waals surface area contributed by atoms with E-state index in [1.54, 1.807) is 0 Å². The number of hydrogen-bond donors (Lipinski definition) is 1. The van der Waals surface area contributed by atoms with Gasteiger partial charge < -0.3 is 29.0 Å². The number of aliphatic hydroxyl groups is 1. The predicted molar refractivity (Wildman–Crippen MR) is 264 cm³/mol. The summed E-state index contributed by atoms with van der Waals surface area (Å²) in [5.41, 5.74) is -0.558. The summed E-state index contributed by atoms with van der Waals surface area (Å²) in [5.74, 6) is -0.400. The van der Waals surface area contributed by atoms with Gasteiger partial charge >= 0.3 is 17.9 Å². The van der Waals surface area contributed by atoms with E-state index in [1.165, 1.54) is 109 Å². The number of hydrogen-bond acceptors (Lipinski definition) is 10. The number of esters is 3. The van der Waals surface area contributed by atoms with E-state index in [0.29, 0.717) is 52.1 Å². The van der Waals surface area contributed by atoms with Crippen LogP contribution in [0.1, 0.15) is 253 Å². The Bertz CT molecular complexity index is 1100. The van der Waals surface area contributed by atoms with E-state index in [1.807, 2.05) is 32.8 Å². The lowest BCUT2D eigenvalue weighted by atomic mass is 9.87. The molecule has 0 bridgehead atoms. The van der Waals surface area contributed by atoms with Crippen LogP contribution in [0.2, 0.25) is 0 Å². The largest absolute Gasteiger partial charge is 0.465 e. The fourth-order valence-corrected chi connectivity index (χ4v) is 8.85. The highest BCUT2D eigenvalue weighted by molar-refractivity contribution is 5.76. The molecule has 0 spiro atoms. The van der Waals surface area contributed by atoms with Crippen molar-refractivity contribution in [2.75, 3.05) is 46.9 Å². The molecule has 378 valence electrons. The van der Waals surface area contributed by atoms with Crippen LogP contribution in [0.3, 0.4) is 0 Å². The van der Waals surface area contributed by atoms with E-state index >= 15 is 0 Å². The van der Waals surface area contributed by atoms with Crippen LogP contribution in [0.4, 0.5) is 0 Å². The quantitative estimate of drug-likeness (QED) is 0.0274. The summed E-state index contributed by atoms with van der Waals surface area (Å²) in [6, 6.07) is -0.419. The molecule has 10 heteroatoms. The Morgan fingerprint density at radius 2 is 1.11 bits per heavy atom. The van der Waals surface area contributed by atoms with Crippen LogP contribution in [-0.4, -0.2) is 104 Å². The van der Waals surface area contributed by atoms with Crippen LogP contribution >= 0.6 is 0 Å². The molecule has 1 unspecified atom stereocenters. The van der Waals surface area contributed by atoms with E-state index in [-0.39, 0.29) is 30.1 Å². The van der Waals surface area contributed by atoms with Gasteiger partial charge in [-0.25, -0.2) is 0 Å². The van der Waals surface area contributed by atoms with Crippen LogP contribution in [0.25, 0.3) is 0 Å². The fraction of sp³-hybridized carbons (Fsp3) is 0.944. The SMILES string of the molecule is CCCCCCCCCCCOC(=O)C(C)(C)CCCCN1C[C@@H](OC(O)CCN(C)C)C[C@H]1C(=O)OCCCCCCCC(=O)OC(CCCCCCCC)CCCCCCCC. The Labute approximate surface area is 394 Å². The van der Waals surface area contributed by atoms with E-state index in [4.69, 9.17) is 18.9 Å². The van der Waals surface area contributed by atoms with Crippen molar-refractivity contribution in [1.29, 1.82) is 0 Å². The van der Waals surface area contributed by atoms with Crippen molar-refractivity contribution in [3.05, 3.63) is 0 Å². The molecule has 0 aliphatic carbocycles. The molecule has 0 amide bonds. The molecule has 0 aromatic heterocycles. The number of likely N-dealkylation sites (tertiary alicyclic amines) is 1. The topological polar surface area (TPSA) is 115 Å². The first kappa shape index (κ1) is 60.3. The van der Waals surface area contributed by atoms with Crippen molar-refractivity contribution >= 4 is 17.9 Å². The number of aliphatic hydroxyl groups excluding tert-OH is 1. The third-order valence-corrected chi connectivity index (χ3v) is 13.2. The van der Waals surface area contributed by atoms with Gasteiger partial charge in [0.25, 0.3) is 0 Å². The molecule has 3 atom stereocenters. The second-order valence-corrected chi connectivity index (χ2v) is 20.3. The minimum atomic E-state index is -0.884. The zero-order chi connectivity index (χ0) is 47.1. The first-order valence-corrected chi connectivity index (χ1v) is 27.2. The van der Waals surface area contributed by atoms with Gasteiger partial charge in [-0.15, -0.1) is 0 Å².